The fraction of sp³-hybridized carbons (Fsp3) is 0.786. The van der Waals surface area contributed by atoms with Gasteiger partial charge in [-0.2, -0.15) is 0 Å². The van der Waals surface area contributed by atoms with Gasteiger partial charge in [-0.25, -0.2) is 4.98 Å². The number of aromatic nitrogens is 2. The number of aryl methyl sites for hydroxylation is 1. The molecule has 18 heavy (non-hydrogen) atoms. The third-order valence-corrected chi connectivity index (χ3v) is 3.77. The smallest absolute Gasteiger partial charge is 0.0945 e. The molecular weight excluding hydrogens is 224 g/mol. The van der Waals surface area contributed by atoms with Crippen molar-refractivity contribution in [1.29, 1.82) is 0 Å². The molecule has 102 valence electrons. The zero-order chi connectivity index (χ0) is 12.8. The molecule has 0 aromatic carbocycles. The zero-order valence-corrected chi connectivity index (χ0v) is 11.7. The summed E-state index contributed by atoms with van der Waals surface area (Å²) < 4.78 is 2.13. The first-order chi connectivity index (χ1) is 8.79. The van der Waals surface area contributed by atoms with Crippen LogP contribution in [0.1, 0.15) is 38.3 Å². The van der Waals surface area contributed by atoms with Gasteiger partial charge in [0.15, 0.2) is 0 Å². The SMILES string of the molecule is CCCCN(Cc1cncn1C)CC1CCCN1. The molecule has 2 heterocycles. The molecule has 1 aromatic rings. The van der Waals surface area contributed by atoms with Crippen molar-refractivity contribution in [3.05, 3.63) is 18.2 Å². The second kappa shape index (κ2) is 6.90. The van der Waals surface area contributed by atoms with E-state index >= 15 is 0 Å². The van der Waals surface area contributed by atoms with Crippen molar-refractivity contribution in [3.63, 3.8) is 0 Å². The van der Waals surface area contributed by atoms with Crippen LogP contribution in [0.5, 0.6) is 0 Å². The van der Waals surface area contributed by atoms with Gasteiger partial charge in [-0.3, -0.25) is 4.90 Å². The number of imidazole rings is 1. The minimum atomic E-state index is 0.690. The number of nitrogens with one attached hydrogen (secondary N) is 1. The molecule has 1 saturated heterocycles. The Morgan fingerprint density at radius 3 is 3.06 bits per heavy atom. The van der Waals surface area contributed by atoms with Gasteiger partial charge in [0.05, 0.1) is 12.0 Å². The Morgan fingerprint density at radius 1 is 1.56 bits per heavy atom. The normalized spacial score (nSPS) is 19.8. The maximum absolute atomic E-state index is 4.21. The van der Waals surface area contributed by atoms with E-state index in [1.807, 2.05) is 12.5 Å². The summed E-state index contributed by atoms with van der Waals surface area (Å²) in [7, 11) is 2.08. The molecule has 0 radical (unpaired) electrons. The summed E-state index contributed by atoms with van der Waals surface area (Å²) in [6, 6.07) is 0.690. The lowest BCUT2D eigenvalue weighted by Gasteiger charge is -2.25. The number of nitrogens with zero attached hydrogens (tertiary/aromatic N) is 3. The highest BCUT2D eigenvalue weighted by atomic mass is 15.2. The molecule has 1 aliphatic rings. The highest BCUT2D eigenvalue weighted by molar-refractivity contribution is 4.97. The van der Waals surface area contributed by atoms with E-state index in [-0.39, 0.29) is 0 Å². The molecule has 1 atom stereocenters. The molecule has 0 saturated carbocycles. The molecule has 1 fully saturated rings. The average Bonchev–Trinajstić information content (AvgIpc) is 2.99. The van der Waals surface area contributed by atoms with Gasteiger partial charge in [0, 0.05) is 32.4 Å². The summed E-state index contributed by atoms with van der Waals surface area (Å²) in [5, 5.41) is 3.59. The van der Waals surface area contributed by atoms with Crippen LogP contribution in [0, 0.1) is 0 Å². The van der Waals surface area contributed by atoms with Crippen LogP contribution in [-0.4, -0.2) is 40.1 Å². The Kier molecular flexibility index (Phi) is 5.20. The first-order valence-corrected chi connectivity index (χ1v) is 7.20. The van der Waals surface area contributed by atoms with Crippen LogP contribution in [0.15, 0.2) is 12.5 Å². The maximum atomic E-state index is 4.21. The van der Waals surface area contributed by atoms with E-state index in [1.165, 1.54) is 51.0 Å². The van der Waals surface area contributed by atoms with Gasteiger partial charge < -0.3 is 9.88 Å². The molecule has 0 spiro atoms. The Bertz CT molecular complexity index is 341. The lowest BCUT2D eigenvalue weighted by Crippen LogP contribution is -2.38. The van der Waals surface area contributed by atoms with Gasteiger partial charge in [0.2, 0.25) is 0 Å². The largest absolute Gasteiger partial charge is 0.337 e. The molecule has 1 unspecified atom stereocenters. The number of hydrogen-bond acceptors (Lipinski definition) is 3. The van der Waals surface area contributed by atoms with Crippen LogP contribution in [0.3, 0.4) is 0 Å². The molecule has 4 heteroatoms. The first kappa shape index (κ1) is 13.6. The quantitative estimate of drug-likeness (QED) is 0.800. The van der Waals surface area contributed by atoms with Gasteiger partial charge in [0.25, 0.3) is 0 Å². The molecule has 2 rings (SSSR count). The van der Waals surface area contributed by atoms with Crippen molar-refractivity contribution in [1.82, 2.24) is 19.8 Å². The van der Waals surface area contributed by atoms with Crippen molar-refractivity contribution in [2.45, 2.75) is 45.2 Å². The van der Waals surface area contributed by atoms with Crippen LogP contribution in [0.2, 0.25) is 0 Å². The highest BCUT2D eigenvalue weighted by Crippen LogP contribution is 2.11. The summed E-state index contributed by atoms with van der Waals surface area (Å²) in [5.41, 5.74) is 1.31. The van der Waals surface area contributed by atoms with Gasteiger partial charge in [-0.15, -0.1) is 0 Å². The lowest BCUT2D eigenvalue weighted by molar-refractivity contribution is 0.233. The molecule has 1 N–H and O–H groups in total. The predicted molar refractivity (Wildman–Crippen MR) is 74.4 cm³/mol. The van der Waals surface area contributed by atoms with Gasteiger partial charge in [-0.1, -0.05) is 13.3 Å². The molecule has 0 bridgehead atoms. The second-order valence-electron chi connectivity index (χ2n) is 5.38. The fourth-order valence-electron chi connectivity index (χ4n) is 2.61. The van der Waals surface area contributed by atoms with E-state index in [0.29, 0.717) is 6.04 Å². The number of unbranched alkanes of at least 4 members (excludes halogenated alkanes) is 1. The highest BCUT2D eigenvalue weighted by Gasteiger charge is 2.18. The van der Waals surface area contributed by atoms with Crippen LogP contribution < -0.4 is 5.32 Å². The van der Waals surface area contributed by atoms with Crippen LogP contribution in [0.4, 0.5) is 0 Å². The van der Waals surface area contributed by atoms with Gasteiger partial charge >= 0.3 is 0 Å². The predicted octanol–water partition coefficient (Wildman–Crippen LogP) is 1.77. The van der Waals surface area contributed by atoms with Crippen LogP contribution in [0.25, 0.3) is 0 Å². The fourth-order valence-corrected chi connectivity index (χ4v) is 2.61. The van der Waals surface area contributed by atoms with E-state index in [4.69, 9.17) is 0 Å². The van der Waals surface area contributed by atoms with Crippen molar-refractivity contribution in [3.8, 4) is 0 Å². The molecule has 1 aliphatic heterocycles. The maximum Gasteiger partial charge on any atom is 0.0945 e. The Balaban J connectivity index is 1.89. The van der Waals surface area contributed by atoms with Crippen LogP contribution in [-0.2, 0) is 13.6 Å². The topological polar surface area (TPSA) is 33.1 Å². The second-order valence-corrected chi connectivity index (χ2v) is 5.38. The van der Waals surface area contributed by atoms with E-state index in [0.717, 1.165) is 6.54 Å². The van der Waals surface area contributed by atoms with Gasteiger partial charge in [-0.05, 0) is 32.4 Å². The van der Waals surface area contributed by atoms with E-state index < -0.39 is 0 Å². The third-order valence-electron chi connectivity index (χ3n) is 3.77. The molecule has 0 aliphatic carbocycles. The minimum absolute atomic E-state index is 0.690. The van der Waals surface area contributed by atoms with E-state index in [9.17, 15) is 0 Å². The molecular formula is C14H26N4. The summed E-state index contributed by atoms with van der Waals surface area (Å²) >= 11 is 0. The molecule has 0 amide bonds. The Labute approximate surface area is 110 Å². The molecule has 1 aromatic heterocycles. The summed E-state index contributed by atoms with van der Waals surface area (Å²) in [6.45, 7) is 6.84. The summed E-state index contributed by atoms with van der Waals surface area (Å²) in [4.78, 5) is 6.78. The van der Waals surface area contributed by atoms with E-state index in [1.54, 1.807) is 0 Å². The Hall–Kier alpha value is -0.870. The monoisotopic (exact) mass is 250 g/mol. The summed E-state index contributed by atoms with van der Waals surface area (Å²) in [6.07, 6.45) is 9.08. The molecule has 4 nitrogen and oxygen atoms in total. The van der Waals surface area contributed by atoms with Crippen molar-refractivity contribution in [2.24, 2.45) is 7.05 Å². The minimum Gasteiger partial charge on any atom is -0.337 e. The third kappa shape index (κ3) is 3.82. The van der Waals surface area contributed by atoms with Crippen molar-refractivity contribution < 1.29 is 0 Å². The number of rotatable bonds is 7. The standard InChI is InChI=1S/C14H26N4/c1-3-4-8-18(10-13-6-5-7-16-13)11-14-9-15-12-17(14)2/h9,12-13,16H,3-8,10-11H2,1-2H3. The summed E-state index contributed by atoms with van der Waals surface area (Å²) in [5.74, 6) is 0. The first-order valence-electron chi connectivity index (χ1n) is 7.20. The van der Waals surface area contributed by atoms with E-state index in [2.05, 4.69) is 33.7 Å². The van der Waals surface area contributed by atoms with Gasteiger partial charge in [0.1, 0.15) is 0 Å². The zero-order valence-electron chi connectivity index (χ0n) is 11.7. The van der Waals surface area contributed by atoms with Crippen molar-refractivity contribution >= 4 is 0 Å². The van der Waals surface area contributed by atoms with Crippen molar-refractivity contribution in [2.75, 3.05) is 19.6 Å². The Morgan fingerprint density at radius 2 is 2.44 bits per heavy atom. The lowest BCUT2D eigenvalue weighted by atomic mass is 10.2. The van der Waals surface area contributed by atoms with Crippen LogP contribution >= 0.6 is 0 Å². The number of hydrogen-bond donors (Lipinski definition) is 1. The average molecular weight is 250 g/mol.